The van der Waals surface area contributed by atoms with E-state index in [1.165, 1.54) is 17.0 Å². The summed E-state index contributed by atoms with van der Waals surface area (Å²) in [5.74, 6) is -2.31. The lowest BCUT2D eigenvalue weighted by molar-refractivity contribution is -0.152. The number of rotatable bonds is 14. The number of ketones is 1. The largest absolute Gasteiger partial charge is 0.389 e. The Morgan fingerprint density at radius 3 is 2.18 bits per heavy atom. The number of alkyl halides is 3. The molecule has 4 atom stereocenters. The number of urea groups is 1. The van der Waals surface area contributed by atoms with Gasteiger partial charge in [0, 0.05) is 25.9 Å². The molecule has 12 nitrogen and oxygen atoms in total. The number of likely N-dealkylation sites (tertiary alicyclic amines) is 1. The Morgan fingerprint density at radius 1 is 1.00 bits per heavy atom. The summed E-state index contributed by atoms with van der Waals surface area (Å²) >= 11 is 0. The zero-order valence-corrected chi connectivity index (χ0v) is 33.4. The van der Waals surface area contributed by atoms with Crippen molar-refractivity contribution < 1.29 is 45.6 Å². The Labute approximate surface area is 322 Å². The lowest BCUT2D eigenvalue weighted by Crippen LogP contribution is -2.66. The molecule has 0 radical (unpaired) electrons. The molecule has 306 valence electrons. The smallest absolute Gasteiger partial charge is 0.348 e. The predicted molar refractivity (Wildman–Crippen MR) is 201 cm³/mol. The number of carbonyl (C=O) groups excluding carboxylic acids is 5. The molecule has 1 aromatic carbocycles. The minimum Gasteiger partial charge on any atom is -0.348 e. The summed E-state index contributed by atoms with van der Waals surface area (Å²) in [4.78, 5) is 69.5. The summed E-state index contributed by atoms with van der Waals surface area (Å²) in [7, 11) is -3.81. The molecule has 2 fully saturated rings. The standard InChI is InChI=1S/C39H56F3N5O7S/c1-8-9-22-43-33(50)30(48)28(18-21-39(40,41)42)44-32(49)29-23-37(6,7)26(2)24-47(29)34(51)31(36(3,4)5)45-35(52)46-38(19-14-11-15-20-38)25-55(53,54)27-16-12-10-13-17-27/h1,10,12-13,16-17,26,28-29,31H,9,11,14-15,18-25H2,2-7H3,(H,43,50)(H,44,49)(H2,45,46,52)/t26?,28?,29-,31+/m0/s1. The number of sulfone groups is 1. The van der Waals surface area contributed by atoms with Gasteiger partial charge in [0.1, 0.15) is 12.1 Å². The quantitative estimate of drug-likeness (QED) is 0.120. The van der Waals surface area contributed by atoms with E-state index in [9.17, 15) is 45.6 Å². The topological polar surface area (TPSA) is 171 Å². The van der Waals surface area contributed by atoms with E-state index in [-0.39, 0.29) is 42.5 Å². The van der Waals surface area contributed by atoms with E-state index in [1.807, 2.05) is 20.8 Å². The number of carbonyl (C=O) groups is 5. The van der Waals surface area contributed by atoms with Crippen LogP contribution in [0.15, 0.2) is 35.2 Å². The molecule has 0 bridgehead atoms. The Kier molecular flexibility index (Phi) is 15.0. The maximum atomic E-state index is 14.6. The van der Waals surface area contributed by atoms with Crippen LogP contribution in [0.4, 0.5) is 18.0 Å². The third-order valence-corrected chi connectivity index (χ3v) is 12.7. The molecular formula is C39H56F3N5O7S. The van der Waals surface area contributed by atoms with Crippen LogP contribution in [-0.4, -0.2) is 91.5 Å². The van der Waals surface area contributed by atoms with Gasteiger partial charge in [-0.3, -0.25) is 19.2 Å². The maximum absolute atomic E-state index is 14.6. The first-order chi connectivity index (χ1) is 25.4. The zero-order valence-electron chi connectivity index (χ0n) is 32.6. The van der Waals surface area contributed by atoms with Crippen LogP contribution in [-0.2, 0) is 29.0 Å². The second-order valence-electron chi connectivity index (χ2n) is 16.7. The predicted octanol–water partition coefficient (Wildman–Crippen LogP) is 4.68. The van der Waals surface area contributed by atoms with Crippen molar-refractivity contribution in [3.8, 4) is 12.3 Å². The normalized spacial score (nSPS) is 20.9. The first-order valence-corrected chi connectivity index (χ1v) is 20.4. The third kappa shape index (κ3) is 12.7. The Balaban J connectivity index is 1.91. The number of amides is 5. The Morgan fingerprint density at radius 2 is 1.62 bits per heavy atom. The summed E-state index contributed by atoms with van der Waals surface area (Å²) in [6, 6.07) is 2.81. The molecule has 3 rings (SSSR count). The van der Waals surface area contributed by atoms with Crippen molar-refractivity contribution in [2.75, 3.05) is 18.8 Å². The molecule has 2 unspecified atom stereocenters. The molecule has 2 aliphatic rings. The highest BCUT2D eigenvalue weighted by atomic mass is 32.2. The van der Waals surface area contributed by atoms with E-state index in [1.54, 1.807) is 39.0 Å². The monoisotopic (exact) mass is 795 g/mol. The van der Waals surface area contributed by atoms with E-state index in [2.05, 4.69) is 27.2 Å². The molecule has 1 saturated heterocycles. The van der Waals surface area contributed by atoms with Gasteiger partial charge in [0.2, 0.25) is 17.6 Å². The van der Waals surface area contributed by atoms with Crippen LogP contribution in [0.3, 0.4) is 0 Å². The second kappa shape index (κ2) is 18.2. The van der Waals surface area contributed by atoms with Crippen molar-refractivity contribution >= 4 is 39.4 Å². The number of nitrogens with one attached hydrogen (secondary N) is 4. The molecule has 1 aliphatic carbocycles. The average molecular weight is 796 g/mol. The molecule has 0 aromatic heterocycles. The Hall–Kier alpha value is -4.13. The van der Waals surface area contributed by atoms with E-state index >= 15 is 0 Å². The van der Waals surface area contributed by atoms with Crippen LogP contribution >= 0.6 is 0 Å². The van der Waals surface area contributed by atoms with Gasteiger partial charge in [-0.15, -0.1) is 12.3 Å². The second-order valence-corrected chi connectivity index (χ2v) is 18.7. The molecule has 5 amide bonds. The van der Waals surface area contributed by atoms with Crippen molar-refractivity contribution in [2.45, 2.75) is 134 Å². The van der Waals surface area contributed by atoms with E-state index < -0.39 is 92.9 Å². The summed E-state index contributed by atoms with van der Waals surface area (Å²) in [5, 5.41) is 10.3. The molecular weight excluding hydrogens is 740 g/mol. The Bertz CT molecular complexity index is 1700. The van der Waals surface area contributed by atoms with Gasteiger partial charge >= 0.3 is 12.2 Å². The van der Waals surface area contributed by atoms with Crippen LogP contribution in [0.1, 0.15) is 99.3 Å². The van der Waals surface area contributed by atoms with Gasteiger partial charge in [-0.2, -0.15) is 13.2 Å². The van der Waals surface area contributed by atoms with Gasteiger partial charge in [-0.05, 0) is 54.6 Å². The highest BCUT2D eigenvalue weighted by molar-refractivity contribution is 7.91. The van der Waals surface area contributed by atoms with Crippen LogP contribution in [0.25, 0.3) is 0 Å². The van der Waals surface area contributed by atoms with Crippen LogP contribution in [0.2, 0.25) is 0 Å². The molecule has 1 heterocycles. The number of terminal acetylenes is 1. The van der Waals surface area contributed by atoms with Crippen LogP contribution < -0.4 is 21.3 Å². The van der Waals surface area contributed by atoms with E-state index in [4.69, 9.17) is 6.42 Å². The first kappa shape index (κ1) is 45.3. The average Bonchev–Trinajstić information content (AvgIpc) is 3.09. The first-order valence-electron chi connectivity index (χ1n) is 18.7. The summed E-state index contributed by atoms with van der Waals surface area (Å²) in [6.07, 6.45) is 1.28. The summed E-state index contributed by atoms with van der Waals surface area (Å²) in [6.45, 7) is 10.7. The van der Waals surface area contributed by atoms with Crippen LogP contribution in [0, 0.1) is 29.1 Å². The minimum atomic E-state index is -4.69. The summed E-state index contributed by atoms with van der Waals surface area (Å²) < 4.78 is 66.9. The van der Waals surface area contributed by atoms with Crippen molar-refractivity contribution in [2.24, 2.45) is 16.7 Å². The lowest BCUT2D eigenvalue weighted by atomic mass is 9.71. The number of piperidine rings is 1. The minimum absolute atomic E-state index is 0.0345. The van der Waals surface area contributed by atoms with Gasteiger partial charge in [-0.1, -0.05) is 79.0 Å². The van der Waals surface area contributed by atoms with E-state index in [0.29, 0.717) is 25.7 Å². The number of benzene rings is 1. The molecule has 4 N–H and O–H groups in total. The maximum Gasteiger partial charge on any atom is 0.389 e. The number of halogens is 3. The van der Waals surface area contributed by atoms with Crippen molar-refractivity contribution in [3.63, 3.8) is 0 Å². The van der Waals surface area contributed by atoms with Crippen molar-refractivity contribution in [1.82, 2.24) is 26.2 Å². The molecule has 16 heteroatoms. The highest BCUT2D eigenvalue weighted by Crippen LogP contribution is 2.40. The number of hydrogen-bond donors (Lipinski definition) is 4. The third-order valence-electron chi connectivity index (χ3n) is 10.8. The van der Waals surface area contributed by atoms with Crippen molar-refractivity contribution in [1.29, 1.82) is 0 Å². The van der Waals surface area contributed by atoms with E-state index in [0.717, 1.165) is 6.42 Å². The molecule has 1 aliphatic heterocycles. The fourth-order valence-electron chi connectivity index (χ4n) is 7.13. The fraction of sp³-hybridized carbons (Fsp3) is 0.667. The summed E-state index contributed by atoms with van der Waals surface area (Å²) in [5.41, 5.74) is -2.60. The number of Topliss-reactive ketones (excluding diaryl/α,β-unsaturated/α-hetero) is 1. The molecule has 1 saturated carbocycles. The van der Waals surface area contributed by atoms with Crippen molar-refractivity contribution in [3.05, 3.63) is 30.3 Å². The van der Waals surface area contributed by atoms with Gasteiger partial charge in [0.25, 0.3) is 5.91 Å². The van der Waals surface area contributed by atoms with Gasteiger partial charge in [-0.25, -0.2) is 13.2 Å². The molecule has 1 aromatic rings. The SMILES string of the molecule is C#CCCNC(=O)C(=O)C(CCC(F)(F)F)NC(=O)[C@@H]1CC(C)(C)C(C)CN1C(=O)[C@@H](NC(=O)NC1(CS(=O)(=O)c2ccccc2)CCCCC1)C(C)(C)C. The van der Waals surface area contributed by atoms with Gasteiger partial charge in [0.05, 0.1) is 22.2 Å². The number of hydrogen-bond acceptors (Lipinski definition) is 7. The fourth-order valence-corrected chi connectivity index (χ4v) is 8.95. The zero-order chi connectivity index (χ0) is 41.4. The molecule has 0 spiro atoms. The highest BCUT2D eigenvalue weighted by Gasteiger charge is 2.48. The van der Waals surface area contributed by atoms with Gasteiger partial charge in [0.15, 0.2) is 9.84 Å². The lowest BCUT2D eigenvalue weighted by Gasteiger charge is -2.49. The number of nitrogens with zero attached hydrogens (tertiary/aromatic N) is 1. The van der Waals surface area contributed by atoms with Gasteiger partial charge < -0.3 is 26.2 Å². The van der Waals surface area contributed by atoms with Crippen LogP contribution in [0.5, 0.6) is 0 Å². The molecule has 55 heavy (non-hydrogen) atoms.